The molecular weight excluding hydrogens is 466 g/mol. The Kier molecular flexibility index (Phi) is 7.59. The Balaban J connectivity index is 0.00000306. The van der Waals surface area contributed by atoms with Crippen molar-refractivity contribution in [1.29, 1.82) is 5.26 Å². The van der Waals surface area contributed by atoms with Gasteiger partial charge in [0.05, 0.1) is 19.0 Å². The largest absolute Gasteiger partial charge is 0.363 e. The number of hydrogen-bond donors (Lipinski definition) is 4. The molecule has 0 saturated carbocycles. The van der Waals surface area contributed by atoms with Crippen LogP contribution in [0.15, 0.2) is 36.8 Å². The summed E-state index contributed by atoms with van der Waals surface area (Å²) in [6, 6.07) is 8.15. The molecule has 1 aliphatic rings. The van der Waals surface area contributed by atoms with Gasteiger partial charge in [-0.05, 0) is 36.2 Å². The molecule has 2 aromatic heterocycles. The van der Waals surface area contributed by atoms with Crippen molar-refractivity contribution in [3.63, 3.8) is 0 Å². The molecule has 33 heavy (non-hydrogen) atoms. The van der Waals surface area contributed by atoms with Crippen molar-refractivity contribution in [2.45, 2.75) is 19.5 Å². The number of anilines is 4. The van der Waals surface area contributed by atoms with Crippen molar-refractivity contribution in [2.24, 2.45) is 0 Å². The van der Waals surface area contributed by atoms with E-state index < -0.39 is 10.0 Å². The molecule has 0 aliphatic carbocycles. The molecule has 1 aromatic carbocycles. The first-order chi connectivity index (χ1) is 15.4. The van der Waals surface area contributed by atoms with Gasteiger partial charge in [-0.1, -0.05) is 6.07 Å². The van der Waals surface area contributed by atoms with E-state index in [9.17, 15) is 13.7 Å². The summed E-state index contributed by atoms with van der Waals surface area (Å²) >= 11 is 0. The third kappa shape index (κ3) is 6.26. The third-order valence-electron chi connectivity index (χ3n) is 4.74. The Morgan fingerprint density at radius 3 is 2.76 bits per heavy atom. The minimum atomic E-state index is -3.52. The molecule has 0 fully saturated rings. The van der Waals surface area contributed by atoms with Gasteiger partial charge in [-0.2, -0.15) is 10.2 Å². The van der Waals surface area contributed by atoms with Crippen LogP contribution in [-0.4, -0.2) is 41.2 Å². The lowest BCUT2D eigenvalue weighted by molar-refractivity contribution is 0.606. The van der Waals surface area contributed by atoms with Crippen molar-refractivity contribution >= 4 is 45.7 Å². The van der Waals surface area contributed by atoms with Crippen molar-refractivity contribution in [1.82, 2.24) is 25.3 Å². The molecule has 0 radical (unpaired) electrons. The number of nitrogens with zero attached hydrogens (tertiary/aromatic N) is 5. The van der Waals surface area contributed by atoms with Crippen LogP contribution in [0.3, 0.4) is 0 Å². The van der Waals surface area contributed by atoms with Gasteiger partial charge in [0.25, 0.3) is 0 Å². The first kappa shape index (κ1) is 24.1. The second-order valence-electron chi connectivity index (χ2n) is 7.18. The van der Waals surface area contributed by atoms with Gasteiger partial charge < -0.3 is 16.0 Å². The molecule has 3 heterocycles. The smallest absolute Gasteiger partial charge is 0.231 e. The monoisotopic (exact) mass is 487 g/mol. The summed E-state index contributed by atoms with van der Waals surface area (Å²) in [5.74, 6) is 0.731. The van der Waals surface area contributed by atoms with Gasteiger partial charge in [0.1, 0.15) is 23.1 Å². The molecule has 4 rings (SSSR count). The van der Waals surface area contributed by atoms with Crippen LogP contribution < -0.4 is 20.7 Å². The first-order valence-electron chi connectivity index (χ1n) is 9.79. The third-order valence-corrected chi connectivity index (χ3v) is 5.30. The molecule has 11 nitrogen and oxygen atoms in total. The summed E-state index contributed by atoms with van der Waals surface area (Å²) < 4.78 is 25.4. The maximum Gasteiger partial charge on any atom is 0.231 e. The highest BCUT2D eigenvalue weighted by Gasteiger charge is 2.13. The number of hydrogen-bond acceptors (Lipinski definition) is 10. The van der Waals surface area contributed by atoms with E-state index in [1.54, 1.807) is 0 Å². The van der Waals surface area contributed by atoms with E-state index in [2.05, 4.69) is 52.7 Å². The number of rotatable bonds is 7. The van der Waals surface area contributed by atoms with Crippen LogP contribution >= 0.6 is 12.4 Å². The summed E-state index contributed by atoms with van der Waals surface area (Å²) in [7, 11) is -3.52. The molecule has 13 heteroatoms. The zero-order valence-electron chi connectivity index (χ0n) is 17.7. The number of sulfonamides is 1. The second-order valence-corrected chi connectivity index (χ2v) is 8.93. The maximum atomic E-state index is 11.6. The lowest BCUT2D eigenvalue weighted by Gasteiger charge is -2.18. The molecule has 0 bridgehead atoms. The Hall–Kier alpha value is -3.53. The van der Waals surface area contributed by atoms with Crippen LogP contribution in [-0.2, 0) is 29.5 Å². The van der Waals surface area contributed by atoms with E-state index in [-0.39, 0.29) is 30.3 Å². The molecule has 0 unspecified atom stereocenters. The molecule has 0 saturated heterocycles. The average Bonchev–Trinajstić information content (AvgIpc) is 2.77. The van der Waals surface area contributed by atoms with Crippen LogP contribution in [0.4, 0.5) is 23.3 Å². The van der Waals surface area contributed by atoms with Crippen molar-refractivity contribution in [2.75, 3.05) is 28.2 Å². The number of benzene rings is 1. The summed E-state index contributed by atoms with van der Waals surface area (Å²) in [6.45, 7) is 1.90. The Morgan fingerprint density at radius 1 is 1.15 bits per heavy atom. The summed E-state index contributed by atoms with van der Waals surface area (Å²) in [4.78, 5) is 16.8. The van der Waals surface area contributed by atoms with E-state index >= 15 is 0 Å². The highest BCUT2D eigenvalue weighted by Crippen LogP contribution is 2.22. The van der Waals surface area contributed by atoms with Gasteiger partial charge in [-0.25, -0.2) is 18.4 Å². The van der Waals surface area contributed by atoms with Gasteiger partial charge in [-0.3, -0.25) is 9.71 Å². The normalized spacial score (nSPS) is 12.6. The summed E-state index contributed by atoms with van der Waals surface area (Å²) in [6.07, 6.45) is 6.25. The van der Waals surface area contributed by atoms with E-state index in [0.29, 0.717) is 17.5 Å². The van der Waals surface area contributed by atoms with Crippen LogP contribution in [0, 0.1) is 11.3 Å². The molecule has 0 atom stereocenters. The quantitative estimate of drug-likeness (QED) is 0.388. The zero-order valence-corrected chi connectivity index (χ0v) is 19.3. The average molecular weight is 488 g/mol. The van der Waals surface area contributed by atoms with Crippen LogP contribution in [0.2, 0.25) is 0 Å². The van der Waals surface area contributed by atoms with Gasteiger partial charge >= 0.3 is 0 Å². The number of nitriles is 1. The van der Waals surface area contributed by atoms with Crippen LogP contribution in [0.25, 0.3) is 0 Å². The molecule has 1 aliphatic heterocycles. The van der Waals surface area contributed by atoms with Crippen molar-refractivity contribution in [3.05, 3.63) is 59.2 Å². The lowest BCUT2D eigenvalue weighted by Crippen LogP contribution is -2.23. The van der Waals surface area contributed by atoms with E-state index in [1.165, 1.54) is 29.7 Å². The second kappa shape index (κ2) is 10.4. The van der Waals surface area contributed by atoms with Gasteiger partial charge in [0.2, 0.25) is 16.0 Å². The highest BCUT2D eigenvalue weighted by molar-refractivity contribution is 7.92. The van der Waals surface area contributed by atoms with Crippen LogP contribution in [0.1, 0.15) is 22.4 Å². The minimum absolute atomic E-state index is 0. The molecule has 0 spiro atoms. The van der Waals surface area contributed by atoms with Gasteiger partial charge in [0.15, 0.2) is 5.82 Å². The number of aromatic nitrogens is 4. The fourth-order valence-corrected chi connectivity index (χ4v) is 3.79. The lowest BCUT2D eigenvalue weighted by atomic mass is 10.0. The predicted molar refractivity (Wildman–Crippen MR) is 127 cm³/mol. The van der Waals surface area contributed by atoms with E-state index in [4.69, 9.17) is 0 Å². The molecule has 172 valence electrons. The van der Waals surface area contributed by atoms with Crippen LogP contribution in [0.5, 0.6) is 0 Å². The Morgan fingerprint density at radius 2 is 1.97 bits per heavy atom. The number of fused-ring (bicyclic) bond motifs is 1. The number of halogens is 1. The van der Waals surface area contributed by atoms with E-state index in [1.807, 2.05) is 12.1 Å². The Bertz CT molecular complexity index is 1290. The summed E-state index contributed by atoms with van der Waals surface area (Å²) in [5, 5.41) is 19.0. The highest BCUT2D eigenvalue weighted by atomic mass is 35.5. The maximum absolute atomic E-state index is 11.6. The minimum Gasteiger partial charge on any atom is -0.363 e. The number of nitrogens with one attached hydrogen (secondary N) is 4. The predicted octanol–water partition coefficient (Wildman–Crippen LogP) is 1.93. The SMILES string of the molecule is CS(=O)(=O)Nc1nccnc1CNc1nc(Nc2ccc3c(c2)CCNC3)ncc1C#N.Cl. The van der Waals surface area contributed by atoms with Crippen molar-refractivity contribution in [3.8, 4) is 6.07 Å². The molecule has 4 N–H and O–H groups in total. The molecular formula is C20H22ClN9O2S. The summed E-state index contributed by atoms with van der Waals surface area (Å²) in [5.41, 5.74) is 4.00. The Labute approximate surface area is 197 Å². The molecule has 0 amide bonds. The standard InChI is InChI=1S/C20H21N9O2S.ClH/c1-32(30,31)29-19-17(23-6-7-24-19)12-25-18-15(9-21)11-26-20(28-18)27-16-3-2-14-10-22-5-4-13(14)8-16;/h2-3,6-8,11,22H,4-5,10,12H2,1H3,(H,24,29)(H2,25,26,27,28);1H. The zero-order chi connectivity index (χ0) is 22.6. The fourth-order valence-electron chi connectivity index (χ4n) is 3.27. The van der Waals surface area contributed by atoms with E-state index in [0.717, 1.165) is 31.5 Å². The first-order valence-corrected chi connectivity index (χ1v) is 11.7. The fraction of sp³-hybridized carbons (Fsp3) is 0.250. The van der Waals surface area contributed by atoms with Gasteiger partial charge in [-0.15, -0.1) is 12.4 Å². The van der Waals surface area contributed by atoms with Gasteiger partial charge in [0, 0.05) is 24.6 Å². The topological polar surface area (TPSA) is 158 Å². The van der Waals surface area contributed by atoms with Crippen molar-refractivity contribution < 1.29 is 8.42 Å². The molecule has 3 aromatic rings.